The van der Waals surface area contributed by atoms with Crippen LogP contribution in [0.2, 0.25) is 0 Å². The van der Waals surface area contributed by atoms with Crippen LogP contribution >= 0.6 is 0 Å². The molecule has 0 saturated carbocycles. The molecule has 0 N–H and O–H groups in total. The summed E-state index contributed by atoms with van der Waals surface area (Å²) in [5, 5.41) is 0. The number of carbonyl (C=O) groups is 1. The summed E-state index contributed by atoms with van der Waals surface area (Å²) in [5.74, 6) is -0.283. The monoisotopic (exact) mass is 298 g/mol. The van der Waals surface area contributed by atoms with Gasteiger partial charge in [-0.25, -0.2) is 4.79 Å². The summed E-state index contributed by atoms with van der Waals surface area (Å²) >= 11 is 0. The van der Waals surface area contributed by atoms with Crippen LogP contribution in [-0.2, 0) is 14.3 Å². The number of esters is 1. The fraction of sp³-hybridized carbons (Fsp3) is 0.833. The maximum Gasteiger partial charge on any atom is 0.334 e. The van der Waals surface area contributed by atoms with Crippen molar-refractivity contribution in [2.45, 2.75) is 83.7 Å². The van der Waals surface area contributed by atoms with Crippen LogP contribution in [0, 0.1) is 0 Å². The highest BCUT2D eigenvalue weighted by atomic mass is 16.6. The van der Waals surface area contributed by atoms with E-state index in [4.69, 9.17) is 4.74 Å². The average Bonchev–Trinajstić information content (AvgIpc) is 2.51. The summed E-state index contributed by atoms with van der Waals surface area (Å²) in [6.07, 6.45) is 17.5. The minimum absolute atomic E-state index is 0.283. The highest BCUT2D eigenvalue weighted by molar-refractivity contribution is 5.74. The van der Waals surface area contributed by atoms with E-state index in [-0.39, 0.29) is 5.97 Å². The third-order valence-corrected chi connectivity index (χ3v) is 3.74. The lowest BCUT2D eigenvalue weighted by Gasteiger charge is -2.10. The zero-order chi connectivity index (χ0) is 15.8. The van der Waals surface area contributed by atoms with Crippen molar-refractivity contribution in [3.8, 4) is 0 Å². The van der Waals surface area contributed by atoms with Gasteiger partial charge < -0.3 is 9.47 Å². The third kappa shape index (κ3) is 12.6. The van der Waals surface area contributed by atoms with E-state index < -0.39 is 6.10 Å². The normalized spacial score (nSPS) is 12.7. The topological polar surface area (TPSA) is 35.5 Å². The highest BCUT2D eigenvalue weighted by Gasteiger charge is 2.16. The van der Waals surface area contributed by atoms with Gasteiger partial charge in [-0.3, -0.25) is 0 Å². The Morgan fingerprint density at radius 3 is 2.05 bits per heavy atom. The molecule has 3 heteroatoms. The Labute approximate surface area is 131 Å². The van der Waals surface area contributed by atoms with Gasteiger partial charge in [0.05, 0.1) is 7.11 Å². The van der Waals surface area contributed by atoms with Crippen LogP contribution in [0.3, 0.4) is 0 Å². The van der Waals surface area contributed by atoms with Crippen LogP contribution in [0.1, 0.15) is 77.6 Å². The lowest BCUT2D eigenvalue weighted by Crippen LogP contribution is -2.23. The first-order chi connectivity index (χ1) is 10.3. The molecule has 1 unspecified atom stereocenters. The molecule has 3 nitrogen and oxygen atoms in total. The standard InChI is InChI=1S/C18H34O3/c1-4-5-6-7-8-9-10-11-12-13-14-15-16-17(20-2)18(19)21-3/h13-14,17H,4-12,15-16H2,1-3H3/b14-13-. The maximum absolute atomic E-state index is 11.3. The van der Waals surface area contributed by atoms with Gasteiger partial charge in [-0.1, -0.05) is 64.0 Å². The molecule has 0 radical (unpaired) electrons. The molecule has 0 aliphatic heterocycles. The molecule has 0 saturated heterocycles. The van der Waals surface area contributed by atoms with E-state index in [2.05, 4.69) is 23.8 Å². The first-order valence-electron chi connectivity index (χ1n) is 8.51. The van der Waals surface area contributed by atoms with Crippen molar-refractivity contribution >= 4 is 5.97 Å². The SMILES string of the molecule is CCCCCCCCCC/C=C\CCC(OC)C(=O)OC. The van der Waals surface area contributed by atoms with Crippen molar-refractivity contribution in [3.05, 3.63) is 12.2 Å². The van der Waals surface area contributed by atoms with Gasteiger partial charge in [0.15, 0.2) is 6.10 Å². The largest absolute Gasteiger partial charge is 0.467 e. The van der Waals surface area contributed by atoms with Crippen LogP contribution in [0.25, 0.3) is 0 Å². The van der Waals surface area contributed by atoms with Crippen molar-refractivity contribution < 1.29 is 14.3 Å². The van der Waals surface area contributed by atoms with Gasteiger partial charge in [0.2, 0.25) is 0 Å². The van der Waals surface area contributed by atoms with Gasteiger partial charge in [0, 0.05) is 7.11 Å². The van der Waals surface area contributed by atoms with Crippen molar-refractivity contribution in [2.75, 3.05) is 14.2 Å². The van der Waals surface area contributed by atoms with Crippen molar-refractivity contribution in [3.63, 3.8) is 0 Å². The van der Waals surface area contributed by atoms with Crippen LogP contribution in [0.15, 0.2) is 12.2 Å². The first-order valence-corrected chi connectivity index (χ1v) is 8.51. The molecular weight excluding hydrogens is 264 g/mol. The second kappa shape index (κ2) is 15.6. The number of hydrogen-bond acceptors (Lipinski definition) is 3. The van der Waals surface area contributed by atoms with E-state index in [0.29, 0.717) is 6.42 Å². The molecule has 21 heavy (non-hydrogen) atoms. The van der Waals surface area contributed by atoms with Gasteiger partial charge >= 0.3 is 5.97 Å². The molecule has 0 aliphatic rings. The smallest absolute Gasteiger partial charge is 0.334 e. The van der Waals surface area contributed by atoms with Crippen LogP contribution < -0.4 is 0 Å². The van der Waals surface area contributed by atoms with Gasteiger partial charge in [-0.15, -0.1) is 0 Å². The zero-order valence-corrected chi connectivity index (χ0v) is 14.2. The Hall–Kier alpha value is -0.830. The predicted octanol–water partition coefficient (Wildman–Crippen LogP) is 5.04. The number of hydrogen-bond donors (Lipinski definition) is 0. The Bertz CT molecular complexity index is 261. The minimum atomic E-state index is -0.428. The Morgan fingerprint density at radius 2 is 1.48 bits per heavy atom. The molecule has 1 atom stereocenters. The molecule has 0 amide bonds. The molecule has 0 heterocycles. The highest BCUT2D eigenvalue weighted by Crippen LogP contribution is 2.10. The molecule has 0 rings (SSSR count). The van der Waals surface area contributed by atoms with Gasteiger partial charge in [-0.2, -0.15) is 0 Å². The van der Waals surface area contributed by atoms with E-state index in [1.54, 1.807) is 7.11 Å². The van der Waals surface area contributed by atoms with E-state index in [1.807, 2.05) is 0 Å². The molecule has 0 spiro atoms. The molecule has 0 aromatic heterocycles. The minimum Gasteiger partial charge on any atom is -0.467 e. The summed E-state index contributed by atoms with van der Waals surface area (Å²) in [6, 6.07) is 0. The Balaban J connectivity index is 3.38. The first kappa shape index (κ1) is 20.2. The zero-order valence-electron chi connectivity index (χ0n) is 14.2. The second-order valence-electron chi connectivity index (χ2n) is 5.56. The molecule has 0 bridgehead atoms. The predicted molar refractivity (Wildman–Crippen MR) is 88.4 cm³/mol. The summed E-state index contributed by atoms with van der Waals surface area (Å²) < 4.78 is 9.77. The summed E-state index contributed by atoms with van der Waals surface area (Å²) in [5.41, 5.74) is 0. The molecule has 0 aromatic rings. The third-order valence-electron chi connectivity index (χ3n) is 3.74. The van der Waals surface area contributed by atoms with Crippen LogP contribution in [0.5, 0.6) is 0 Å². The number of ether oxygens (including phenoxy) is 2. The summed E-state index contributed by atoms with van der Waals surface area (Å²) in [4.78, 5) is 11.3. The van der Waals surface area contributed by atoms with E-state index >= 15 is 0 Å². The number of unbranched alkanes of at least 4 members (excludes halogenated alkanes) is 8. The fourth-order valence-corrected chi connectivity index (χ4v) is 2.34. The number of rotatable bonds is 14. The summed E-state index contributed by atoms with van der Waals surface area (Å²) in [6.45, 7) is 2.26. The maximum atomic E-state index is 11.3. The number of carbonyl (C=O) groups excluding carboxylic acids is 1. The van der Waals surface area contributed by atoms with E-state index in [0.717, 1.165) is 12.8 Å². The Kier molecular flexibility index (Phi) is 14.9. The lowest BCUT2D eigenvalue weighted by molar-refractivity contribution is -0.152. The quantitative estimate of drug-likeness (QED) is 0.256. The fourth-order valence-electron chi connectivity index (χ4n) is 2.34. The van der Waals surface area contributed by atoms with Crippen molar-refractivity contribution in [1.82, 2.24) is 0 Å². The van der Waals surface area contributed by atoms with Gasteiger partial charge in [0.1, 0.15) is 0 Å². The second-order valence-corrected chi connectivity index (χ2v) is 5.56. The van der Waals surface area contributed by atoms with Crippen molar-refractivity contribution in [2.24, 2.45) is 0 Å². The lowest BCUT2D eigenvalue weighted by atomic mass is 10.1. The molecule has 0 aromatic carbocycles. The van der Waals surface area contributed by atoms with Gasteiger partial charge in [-0.05, 0) is 25.7 Å². The number of methoxy groups -OCH3 is 2. The van der Waals surface area contributed by atoms with Gasteiger partial charge in [0.25, 0.3) is 0 Å². The number of allylic oxidation sites excluding steroid dienone is 2. The van der Waals surface area contributed by atoms with Crippen LogP contribution in [0.4, 0.5) is 0 Å². The van der Waals surface area contributed by atoms with Crippen molar-refractivity contribution in [1.29, 1.82) is 0 Å². The van der Waals surface area contributed by atoms with E-state index in [9.17, 15) is 4.79 Å². The van der Waals surface area contributed by atoms with Crippen LogP contribution in [-0.4, -0.2) is 26.3 Å². The molecule has 0 aliphatic carbocycles. The average molecular weight is 298 g/mol. The molecular formula is C18H34O3. The Morgan fingerprint density at radius 1 is 0.905 bits per heavy atom. The molecule has 0 fully saturated rings. The van der Waals surface area contributed by atoms with E-state index in [1.165, 1.54) is 58.5 Å². The summed E-state index contributed by atoms with van der Waals surface area (Å²) in [7, 11) is 2.94. The molecule has 124 valence electrons.